The van der Waals surface area contributed by atoms with Crippen LogP contribution in [0.3, 0.4) is 0 Å². The standard InChI is InChI=1S/C17H24O3/c1-3-13-6-4-5-7-16(13)20-11-15-9-8-14(17(18)19)10-12(15)2/h8-10,13,16H,3-7,11H2,1-2H3,(H,18,19). The Morgan fingerprint density at radius 2 is 2.10 bits per heavy atom. The van der Waals surface area contributed by atoms with E-state index in [9.17, 15) is 4.79 Å². The van der Waals surface area contributed by atoms with Gasteiger partial charge in [0.1, 0.15) is 0 Å². The highest BCUT2D eigenvalue weighted by Crippen LogP contribution is 2.30. The number of carboxylic acids is 1. The first-order valence-electron chi connectivity index (χ1n) is 7.56. The van der Waals surface area contributed by atoms with E-state index >= 15 is 0 Å². The topological polar surface area (TPSA) is 46.5 Å². The van der Waals surface area contributed by atoms with Crippen LogP contribution >= 0.6 is 0 Å². The summed E-state index contributed by atoms with van der Waals surface area (Å²) in [6.45, 7) is 4.77. The fraction of sp³-hybridized carbons (Fsp3) is 0.588. The van der Waals surface area contributed by atoms with Crippen LogP contribution in [-0.2, 0) is 11.3 Å². The predicted molar refractivity (Wildman–Crippen MR) is 79.0 cm³/mol. The van der Waals surface area contributed by atoms with E-state index in [0.29, 0.717) is 24.2 Å². The largest absolute Gasteiger partial charge is 0.478 e. The number of carboxylic acid groups (broad SMARTS) is 1. The van der Waals surface area contributed by atoms with E-state index in [1.807, 2.05) is 13.0 Å². The number of hydrogen-bond donors (Lipinski definition) is 1. The van der Waals surface area contributed by atoms with Crippen molar-refractivity contribution in [2.45, 2.75) is 58.7 Å². The van der Waals surface area contributed by atoms with Crippen LogP contribution in [0.5, 0.6) is 0 Å². The molecule has 0 saturated heterocycles. The molecule has 2 rings (SSSR count). The minimum Gasteiger partial charge on any atom is -0.478 e. The minimum absolute atomic E-state index is 0.343. The first kappa shape index (κ1) is 15.0. The molecule has 0 spiro atoms. The Morgan fingerprint density at radius 1 is 1.35 bits per heavy atom. The van der Waals surface area contributed by atoms with E-state index < -0.39 is 5.97 Å². The molecule has 2 atom stereocenters. The van der Waals surface area contributed by atoms with Crippen LogP contribution in [0.4, 0.5) is 0 Å². The summed E-state index contributed by atoms with van der Waals surface area (Å²) in [4.78, 5) is 10.9. The van der Waals surface area contributed by atoms with Gasteiger partial charge in [-0.2, -0.15) is 0 Å². The summed E-state index contributed by atoms with van der Waals surface area (Å²) in [6.07, 6.45) is 6.57. The Labute approximate surface area is 121 Å². The maximum absolute atomic E-state index is 10.9. The lowest BCUT2D eigenvalue weighted by atomic mass is 9.85. The van der Waals surface area contributed by atoms with Gasteiger partial charge in [-0.1, -0.05) is 32.3 Å². The summed E-state index contributed by atoms with van der Waals surface area (Å²) in [5.74, 6) is -0.193. The molecule has 3 heteroatoms. The van der Waals surface area contributed by atoms with Gasteiger partial charge in [0.25, 0.3) is 0 Å². The Morgan fingerprint density at radius 3 is 2.75 bits per heavy atom. The SMILES string of the molecule is CCC1CCCCC1OCc1ccc(C(=O)O)cc1C. The summed E-state index contributed by atoms with van der Waals surface area (Å²) < 4.78 is 6.11. The maximum Gasteiger partial charge on any atom is 0.335 e. The van der Waals surface area contributed by atoms with Gasteiger partial charge in [0, 0.05) is 0 Å². The smallest absolute Gasteiger partial charge is 0.335 e. The minimum atomic E-state index is -0.876. The normalized spacial score (nSPS) is 22.7. The molecule has 1 saturated carbocycles. The summed E-state index contributed by atoms with van der Waals surface area (Å²) in [5.41, 5.74) is 2.43. The molecule has 20 heavy (non-hydrogen) atoms. The van der Waals surface area contributed by atoms with E-state index in [4.69, 9.17) is 9.84 Å². The zero-order valence-electron chi connectivity index (χ0n) is 12.4. The highest BCUT2D eigenvalue weighted by molar-refractivity contribution is 5.87. The van der Waals surface area contributed by atoms with Gasteiger partial charge in [-0.3, -0.25) is 0 Å². The maximum atomic E-state index is 10.9. The molecule has 1 aliphatic carbocycles. The predicted octanol–water partition coefficient (Wildman–Crippen LogP) is 4.18. The lowest BCUT2D eigenvalue weighted by molar-refractivity contribution is -0.0223. The van der Waals surface area contributed by atoms with Crippen LogP contribution in [0.1, 0.15) is 60.5 Å². The summed E-state index contributed by atoms with van der Waals surface area (Å²) in [6, 6.07) is 5.26. The Balaban J connectivity index is 1.98. The first-order chi connectivity index (χ1) is 9.61. The lowest BCUT2D eigenvalue weighted by Crippen LogP contribution is -2.27. The fourth-order valence-corrected chi connectivity index (χ4v) is 3.05. The molecule has 3 nitrogen and oxygen atoms in total. The van der Waals surface area contributed by atoms with Crippen LogP contribution in [0.2, 0.25) is 0 Å². The van der Waals surface area contributed by atoms with E-state index in [0.717, 1.165) is 17.5 Å². The number of aromatic carboxylic acids is 1. The Bertz CT molecular complexity index is 467. The van der Waals surface area contributed by atoms with Gasteiger partial charge < -0.3 is 9.84 Å². The van der Waals surface area contributed by atoms with Gasteiger partial charge in [0.2, 0.25) is 0 Å². The molecule has 1 aromatic rings. The van der Waals surface area contributed by atoms with E-state index in [2.05, 4.69) is 6.92 Å². The monoisotopic (exact) mass is 276 g/mol. The van der Waals surface area contributed by atoms with Crippen molar-refractivity contribution in [2.75, 3.05) is 0 Å². The third kappa shape index (κ3) is 3.60. The lowest BCUT2D eigenvalue weighted by Gasteiger charge is -2.31. The van der Waals surface area contributed by atoms with Crippen molar-refractivity contribution in [3.63, 3.8) is 0 Å². The molecule has 0 radical (unpaired) electrons. The molecule has 110 valence electrons. The molecule has 1 aromatic carbocycles. The molecule has 0 aliphatic heterocycles. The van der Waals surface area contributed by atoms with Gasteiger partial charge in [0.05, 0.1) is 18.3 Å². The molecule has 0 amide bonds. The van der Waals surface area contributed by atoms with Gasteiger partial charge >= 0.3 is 5.97 Å². The van der Waals surface area contributed by atoms with Crippen molar-refractivity contribution in [3.05, 3.63) is 34.9 Å². The third-order valence-corrected chi connectivity index (χ3v) is 4.41. The van der Waals surface area contributed by atoms with E-state index in [1.54, 1.807) is 12.1 Å². The summed E-state index contributed by atoms with van der Waals surface area (Å²) in [7, 11) is 0. The van der Waals surface area contributed by atoms with Crippen molar-refractivity contribution in [1.82, 2.24) is 0 Å². The van der Waals surface area contributed by atoms with E-state index in [1.165, 1.54) is 25.7 Å². The fourth-order valence-electron chi connectivity index (χ4n) is 3.05. The van der Waals surface area contributed by atoms with Gasteiger partial charge in [-0.15, -0.1) is 0 Å². The summed E-state index contributed by atoms with van der Waals surface area (Å²) in [5, 5.41) is 8.97. The number of benzene rings is 1. The van der Waals surface area contributed by atoms with Crippen molar-refractivity contribution in [1.29, 1.82) is 0 Å². The third-order valence-electron chi connectivity index (χ3n) is 4.41. The number of carbonyl (C=O) groups is 1. The van der Waals surface area contributed by atoms with Crippen molar-refractivity contribution in [3.8, 4) is 0 Å². The molecular weight excluding hydrogens is 252 g/mol. The molecule has 0 aromatic heterocycles. The zero-order valence-corrected chi connectivity index (χ0v) is 12.4. The van der Waals surface area contributed by atoms with Crippen molar-refractivity contribution < 1.29 is 14.6 Å². The highest BCUT2D eigenvalue weighted by atomic mass is 16.5. The van der Waals surface area contributed by atoms with Gasteiger partial charge in [0.15, 0.2) is 0 Å². The van der Waals surface area contributed by atoms with Crippen LogP contribution < -0.4 is 0 Å². The number of rotatable bonds is 5. The van der Waals surface area contributed by atoms with Gasteiger partial charge in [-0.25, -0.2) is 4.79 Å². The van der Waals surface area contributed by atoms with Crippen LogP contribution in [0.25, 0.3) is 0 Å². The number of aryl methyl sites for hydroxylation is 1. The molecule has 0 heterocycles. The second-order valence-electron chi connectivity index (χ2n) is 5.75. The Kier molecular flexibility index (Phi) is 5.18. The van der Waals surface area contributed by atoms with Gasteiger partial charge in [-0.05, 0) is 48.9 Å². The second kappa shape index (κ2) is 6.89. The average molecular weight is 276 g/mol. The highest BCUT2D eigenvalue weighted by Gasteiger charge is 2.24. The average Bonchev–Trinajstić information content (AvgIpc) is 2.46. The van der Waals surface area contributed by atoms with Crippen LogP contribution in [0, 0.1) is 12.8 Å². The Hall–Kier alpha value is -1.35. The van der Waals surface area contributed by atoms with Crippen LogP contribution in [0.15, 0.2) is 18.2 Å². The second-order valence-corrected chi connectivity index (χ2v) is 5.75. The molecule has 1 fully saturated rings. The molecule has 1 aliphatic rings. The number of ether oxygens (including phenoxy) is 1. The first-order valence-corrected chi connectivity index (χ1v) is 7.56. The zero-order chi connectivity index (χ0) is 14.5. The van der Waals surface area contributed by atoms with E-state index in [-0.39, 0.29) is 0 Å². The quantitative estimate of drug-likeness (QED) is 0.877. The van der Waals surface area contributed by atoms with Crippen LogP contribution in [-0.4, -0.2) is 17.2 Å². The molecular formula is C17H24O3. The molecule has 1 N–H and O–H groups in total. The van der Waals surface area contributed by atoms with Crippen molar-refractivity contribution >= 4 is 5.97 Å². The number of hydrogen-bond acceptors (Lipinski definition) is 2. The van der Waals surface area contributed by atoms with Crippen molar-refractivity contribution in [2.24, 2.45) is 5.92 Å². The molecule has 0 bridgehead atoms. The molecule has 2 unspecified atom stereocenters. The summed E-state index contributed by atoms with van der Waals surface area (Å²) >= 11 is 0.